The van der Waals surface area contributed by atoms with Gasteiger partial charge in [-0.25, -0.2) is 0 Å². The van der Waals surface area contributed by atoms with Crippen molar-refractivity contribution in [3.05, 3.63) is 42.6 Å². The average Bonchev–Trinajstić information content (AvgIpc) is 3.26. The van der Waals surface area contributed by atoms with Gasteiger partial charge in [0.25, 0.3) is 5.91 Å². The molecule has 1 amide bonds. The molecule has 0 bridgehead atoms. The van der Waals surface area contributed by atoms with Gasteiger partial charge in [-0.15, -0.1) is 10.2 Å². The number of fused-ring (bicyclic) bond motifs is 1. The molecule has 112 valence electrons. The summed E-state index contributed by atoms with van der Waals surface area (Å²) in [5.74, 6) is -0.142. The summed E-state index contributed by atoms with van der Waals surface area (Å²) in [4.78, 5) is 12.5. The van der Waals surface area contributed by atoms with Gasteiger partial charge in [0.05, 0.1) is 11.7 Å². The first-order valence-electron chi connectivity index (χ1n) is 7.45. The van der Waals surface area contributed by atoms with Crippen LogP contribution in [0.4, 0.5) is 5.69 Å². The zero-order valence-corrected chi connectivity index (χ0v) is 12.0. The number of hydrogen-bond acceptors (Lipinski definition) is 4. The fourth-order valence-corrected chi connectivity index (χ4v) is 3.03. The van der Waals surface area contributed by atoms with Crippen molar-refractivity contribution in [2.45, 2.75) is 31.7 Å². The van der Waals surface area contributed by atoms with E-state index in [9.17, 15) is 4.79 Å². The van der Waals surface area contributed by atoms with E-state index < -0.39 is 0 Å². The van der Waals surface area contributed by atoms with E-state index in [1.54, 1.807) is 29.2 Å². The van der Waals surface area contributed by atoms with Crippen LogP contribution in [0.3, 0.4) is 0 Å². The zero-order valence-electron chi connectivity index (χ0n) is 12.0. The molecule has 0 saturated heterocycles. The van der Waals surface area contributed by atoms with E-state index in [0.29, 0.717) is 17.4 Å². The molecule has 0 unspecified atom stereocenters. The number of hydrogen-bond donors (Lipinski definition) is 1. The molecule has 7 heteroatoms. The lowest BCUT2D eigenvalue weighted by molar-refractivity contribution is 0.101. The molecule has 0 aliphatic heterocycles. The van der Waals surface area contributed by atoms with Crippen molar-refractivity contribution in [3.63, 3.8) is 0 Å². The number of carbonyl (C=O) groups excluding carboxylic acids is 1. The average molecular weight is 296 g/mol. The molecule has 3 aromatic rings. The van der Waals surface area contributed by atoms with E-state index >= 15 is 0 Å². The van der Waals surface area contributed by atoms with Crippen molar-refractivity contribution < 1.29 is 4.79 Å². The Labute approximate surface area is 127 Å². The molecule has 22 heavy (non-hydrogen) atoms. The number of carbonyl (C=O) groups is 1. The maximum Gasteiger partial charge on any atom is 0.273 e. The predicted molar refractivity (Wildman–Crippen MR) is 80.7 cm³/mol. The van der Waals surface area contributed by atoms with Crippen LogP contribution in [0.5, 0.6) is 0 Å². The number of amides is 1. The zero-order chi connectivity index (χ0) is 14.9. The Morgan fingerprint density at radius 2 is 2.09 bits per heavy atom. The van der Waals surface area contributed by atoms with Crippen LogP contribution in [0.25, 0.3) is 5.65 Å². The van der Waals surface area contributed by atoms with Crippen molar-refractivity contribution >= 4 is 17.2 Å². The molecule has 0 spiro atoms. The second kappa shape index (κ2) is 5.25. The van der Waals surface area contributed by atoms with Gasteiger partial charge in [-0.3, -0.25) is 13.9 Å². The molecule has 1 N–H and O–H groups in total. The second-order valence-corrected chi connectivity index (χ2v) is 5.57. The molecule has 0 radical (unpaired) electrons. The molecule has 0 atom stereocenters. The lowest BCUT2D eigenvalue weighted by atomic mass is 10.2. The van der Waals surface area contributed by atoms with Crippen LogP contribution < -0.4 is 5.32 Å². The van der Waals surface area contributed by atoms with Crippen molar-refractivity contribution in [1.29, 1.82) is 0 Å². The van der Waals surface area contributed by atoms with Crippen LogP contribution in [-0.4, -0.2) is 30.3 Å². The summed E-state index contributed by atoms with van der Waals surface area (Å²) >= 11 is 0. The fourth-order valence-electron chi connectivity index (χ4n) is 3.03. The Bertz CT molecular complexity index is 814. The van der Waals surface area contributed by atoms with Crippen molar-refractivity contribution in [2.24, 2.45) is 0 Å². The Morgan fingerprint density at radius 3 is 2.95 bits per heavy atom. The van der Waals surface area contributed by atoms with Gasteiger partial charge in [0.2, 0.25) is 0 Å². The maximum absolute atomic E-state index is 12.5. The van der Waals surface area contributed by atoms with Crippen LogP contribution in [0.2, 0.25) is 0 Å². The molecule has 1 aliphatic carbocycles. The SMILES string of the molecule is O=C(Nc1ccc2nncn2c1)c1ccnn1C1CCCC1. The van der Waals surface area contributed by atoms with Crippen molar-refractivity contribution in [2.75, 3.05) is 5.32 Å². The largest absolute Gasteiger partial charge is 0.319 e. The van der Waals surface area contributed by atoms with Crippen LogP contribution in [0.15, 0.2) is 36.9 Å². The molecule has 3 heterocycles. The van der Waals surface area contributed by atoms with E-state index in [2.05, 4.69) is 20.6 Å². The first kappa shape index (κ1) is 13.0. The van der Waals surface area contributed by atoms with E-state index in [1.807, 2.05) is 16.8 Å². The molecular weight excluding hydrogens is 280 g/mol. The van der Waals surface area contributed by atoms with Crippen molar-refractivity contribution in [1.82, 2.24) is 24.4 Å². The normalized spacial score (nSPS) is 15.5. The molecule has 4 rings (SSSR count). The fraction of sp³-hybridized carbons (Fsp3) is 0.333. The van der Waals surface area contributed by atoms with Crippen molar-refractivity contribution in [3.8, 4) is 0 Å². The molecule has 1 aliphatic rings. The van der Waals surface area contributed by atoms with Gasteiger partial charge in [-0.2, -0.15) is 5.10 Å². The summed E-state index contributed by atoms with van der Waals surface area (Å²) in [5.41, 5.74) is 2.06. The first-order valence-corrected chi connectivity index (χ1v) is 7.45. The number of rotatable bonds is 3. The van der Waals surface area contributed by atoms with Gasteiger partial charge in [0.15, 0.2) is 5.65 Å². The predicted octanol–water partition coefficient (Wildman–Crippen LogP) is 2.29. The molecule has 7 nitrogen and oxygen atoms in total. The number of nitrogens with zero attached hydrogens (tertiary/aromatic N) is 5. The summed E-state index contributed by atoms with van der Waals surface area (Å²) < 4.78 is 3.63. The van der Waals surface area contributed by atoms with Crippen LogP contribution in [-0.2, 0) is 0 Å². The molecule has 0 aromatic carbocycles. The Morgan fingerprint density at radius 1 is 1.23 bits per heavy atom. The molecular formula is C15H16N6O. The quantitative estimate of drug-likeness (QED) is 0.804. The topological polar surface area (TPSA) is 77.1 Å². The highest BCUT2D eigenvalue weighted by Gasteiger charge is 2.22. The van der Waals surface area contributed by atoms with Gasteiger partial charge >= 0.3 is 0 Å². The lowest BCUT2D eigenvalue weighted by Crippen LogP contribution is -2.20. The van der Waals surface area contributed by atoms with Gasteiger partial charge in [-0.05, 0) is 31.0 Å². The third-order valence-electron chi connectivity index (χ3n) is 4.12. The Balaban J connectivity index is 1.58. The van der Waals surface area contributed by atoms with Gasteiger partial charge in [-0.1, -0.05) is 12.8 Å². The standard InChI is InChI=1S/C15H16N6O/c22-15(13-7-8-17-21(13)12-3-1-2-4-12)18-11-5-6-14-19-16-10-20(14)9-11/h5-10,12H,1-4H2,(H,18,22). The molecule has 1 fully saturated rings. The van der Waals surface area contributed by atoms with Crippen LogP contribution >= 0.6 is 0 Å². The minimum atomic E-state index is -0.142. The van der Waals surface area contributed by atoms with Crippen LogP contribution in [0.1, 0.15) is 42.2 Å². The summed E-state index contributed by atoms with van der Waals surface area (Å²) in [6.45, 7) is 0. The summed E-state index contributed by atoms with van der Waals surface area (Å²) in [7, 11) is 0. The number of aromatic nitrogens is 5. The monoisotopic (exact) mass is 296 g/mol. The first-order chi connectivity index (χ1) is 10.8. The minimum absolute atomic E-state index is 0.142. The summed E-state index contributed by atoms with van der Waals surface area (Å²) in [6.07, 6.45) is 9.68. The molecule has 1 saturated carbocycles. The lowest BCUT2D eigenvalue weighted by Gasteiger charge is -2.14. The third kappa shape index (κ3) is 2.24. The second-order valence-electron chi connectivity index (χ2n) is 5.57. The highest BCUT2D eigenvalue weighted by molar-refractivity contribution is 6.03. The maximum atomic E-state index is 12.5. The van der Waals surface area contributed by atoms with Gasteiger partial charge in [0.1, 0.15) is 12.0 Å². The highest BCUT2D eigenvalue weighted by Crippen LogP contribution is 2.29. The molecule has 3 aromatic heterocycles. The van der Waals surface area contributed by atoms with E-state index in [4.69, 9.17) is 0 Å². The van der Waals surface area contributed by atoms with E-state index in [0.717, 1.165) is 18.5 Å². The highest BCUT2D eigenvalue weighted by atomic mass is 16.2. The Kier molecular flexibility index (Phi) is 3.10. The third-order valence-corrected chi connectivity index (χ3v) is 4.12. The number of pyridine rings is 1. The van der Waals surface area contributed by atoms with Gasteiger partial charge < -0.3 is 5.32 Å². The smallest absolute Gasteiger partial charge is 0.273 e. The van der Waals surface area contributed by atoms with Crippen LogP contribution in [0, 0.1) is 0 Å². The summed E-state index contributed by atoms with van der Waals surface area (Å²) in [6, 6.07) is 5.75. The number of anilines is 1. The van der Waals surface area contributed by atoms with E-state index in [-0.39, 0.29) is 5.91 Å². The minimum Gasteiger partial charge on any atom is -0.319 e. The Hall–Kier alpha value is -2.70. The number of nitrogens with one attached hydrogen (secondary N) is 1. The van der Waals surface area contributed by atoms with E-state index in [1.165, 1.54) is 12.8 Å². The summed E-state index contributed by atoms with van der Waals surface area (Å²) in [5, 5.41) is 15.0. The van der Waals surface area contributed by atoms with Gasteiger partial charge in [0, 0.05) is 12.4 Å².